The molecule has 4 nitrogen and oxygen atoms in total. The van der Waals surface area contributed by atoms with Gasteiger partial charge in [-0.2, -0.15) is 0 Å². The van der Waals surface area contributed by atoms with Crippen molar-refractivity contribution < 1.29 is 14.6 Å². The summed E-state index contributed by atoms with van der Waals surface area (Å²) in [7, 11) is 0. The van der Waals surface area contributed by atoms with Crippen LogP contribution in [0.2, 0.25) is 0 Å². The zero-order chi connectivity index (χ0) is 23.2. The van der Waals surface area contributed by atoms with Gasteiger partial charge in [0, 0.05) is 0 Å². The maximum Gasteiger partial charge on any atom is 0.407 e. The molecule has 0 aromatic heterocycles. The largest absolute Gasteiger partial charge is 0.450 e. The molecule has 0 aromatic rings. The molecule has 0 radical (unpaired) electrons. The topological polar surface area (TPSA) is 58.6 Å². The van der Waals surface area contributed by atoms with E-state index < -0.39 is 6.10 Å². The number of carbonyl (C=O) groups is 1. The van der Waals surface area contributed by atoms with Crippen LogP contribution >= 0.6 is 0 Å². The molecule has 5 fully saturated rings. The quantitative estimate of drug-likeness (QED) is 0.450. The van der Waals surface area contributed by atoms with Gasteiger partial charge < -0.3 is 15.2 Å². The Balaban J connectivity index is 1.14. The first kappa shape index (κ1) is 23.9. The molecule has 0 saturated heterocycles. The molecule has 5 rings (SSSR count). The number of nitrogens with one attached hydrogen (secondary N) is 1. The summed E-state index contributed by atoms with van der Waals surface area (Å²) in [4.78, 5) is 12.1. The molecule has 0 aliphatic heterocycles. The van der Waals surface area contributed by atoms with Gasteiger partial charge in [-0.15, -0.1) is 0 Å². The highest BCUT2D eigenvalue weighted by molar-refractivity contribution is 5.67. The lowest BCUT2D eigenvalue weighted by Crippen LogP contribution is -2.55. The van der Waals surface area contributed by atoms with E-state index in [0.29, 0.717) is 17.4 Å². The summed E-state index contributed by atoms with van der Waals surface area (Å²) in [5, 5.41) is 12.8. The molecule has 8 unspecified atom stereocenters. The van der Waals surface area contributed by atoms with Crippen LogP contribution in [0.25, 0.3) is 0 Å². The minimum absolute atomic E-state index is 0.120. The van der Waals surface area contributed by atoms with E-state index in [1.54, 1.807) is 0 Å². The molecule has 2 N–H and O–H groups in total. The predicted octanol–water partition coefficient (Wildman–Crippen LogP) is 6.70. The second-order valence-corrected chi connectivity index (χ2v) is 13.3. The fourth-order valence-corrected chi connectivity index (χ4v) is 10.2. The average Bonchev–Trinajstić information content (AvgIpc) is 3.33. The Morgan fingerprint density at radius 2 is 1.76 bits per heavy atom. The Morgan fingerprint density at radius 3 is 2.55 bits per heavy atom. The number of rotatable bonds is 5. The number of alkyl carbamates (subject to hydrolysis) is 1. The third kappa shape index (κ3) is 4.25. The van der Waals surface area contributed by atoms with Gasteiger partial charge in [0.05, 0.1) is 18.8 Å². The van der Waals surface area contributed by atoms with E-state index in [-0.39, 0.29) is 12.1 Å². The van der Waals surface area contributed by atoms with E-state index in [0.717, 1.165) is 61.2 Å². The standard InChI is InChI=1S/C29H49NO3/c1-19-18-21-23-13-12-20(8-7-17-33-27(32)30-25-10-6-11-26(25)31)28(23,2)16-14-24(21)29(3)15-5-4-9-22(19)29/h19-26,31H,4-18H2,1-3H3,(H,30,32)/t19-,20?,21?,22?,23?,24-,25?,26?,28?,29?/m0/s1. The number of hydrogen-bond donors (Lipinski definition) is 2. The first-order valence-electron chi connectivity index (χ1n) is 14.4. The Morgan fingerprint density at radius 1 is 0.939 bits per heavy atom. The van der Waals surface area contributed by atoms with Gasteiger partial charge in [-0.1, -0.05) is 33.6 Å². The van der Waals surface area contributed by atoms with Gasteiger partial charge in [0.25, 0.3) is 0 Å². The van der Waals surface area contributed by atoms with Crippen LogP contribution in [0.4, 0.5) is 4.79 Å². The van der Waals surface area contributed by atoms with Crippen molar-refractivity contribution >= 4 is 6.09 Å². The van der Waals surface area contributed by atoms with Crippen molar-refractivity contribution in [1.29, 1.82) is 0 Å². The van der Waals surface area contributed by atoms with E-state index in [2.05, 4.69) is 26.1 Å². The van der Waals surface area contributed by atoms with Gasteiger partial charge in [0.1, 0.15) is 0 Å². The molecule has 0 bridgehead atoms. The number of carbonyl (C=O) groups excluding carboxylic acids is 1. The summed E-state index contributed by atoms with van der Waals surface area (Å²) in [6, 6.07) is -0.120. The van der Waals surface area contributed by atoms with Gasteiger partial charge >= 0.3 is 6.09 Å². The summed E-state index contributed by atoms with van der Waals surface area (Å²) in [5.41, 5.74) is 1.10. The minimum atomic E-state index is -0.406. The van der Waals surface area contributed by atoms with Crippen LogP contribution in [0.1, 0.15) is 111 Å². The predicted molar refractivity (Wildman–Crippen MR) is 132 cm³/mol. The van der Waals surface area contributed by atoms with Crippen molar-refractivity contribution in [1.82, 2.24) is 5.32 Å². The SMILES string of the molecule is C[C@H]1CC2C3CCC(CCCOC(=O)NC4CCCC4O)C3(C)CC[C@@H]2C2(C)CCCCC12. The van der Waals surface area contributed by atoms with Crippen LogP contribution in [0, 0.1) is 46.3 Å². The first-order valence-corrected chi connectivity index (χ1v) is 14.4. The highest BCUT2D eigenvalue weighted by Gasteiger charge is 2.60. The van der Waals surface area contributed by atoms with E-state index in [1.165, 1.54) is 64.2 Å². The number of aliphatic hydroxyl groups is 1. The number of hydrogen-bond acceptors (Lipinski definition) is 3. The van der Waals surface area contributed by atoms with Gasteiger partial charge in [-0.3, -0.25) is 0 Å². The summed E-state index contributed by atoms with van der Waals surface area (Å²) in [6.07, 6.45) is 17.1. The molecule has 188 valence electrons. The van der Waals surface area contributed by atoms with Gasteiger partial charge in [-0.25, -0.2) is 4.79 Å². The third-order valence-electron chi connectivity index (χ3n) is 11.9. The molecule has 5 aliphatic rings. The molecule has 0 aromatic carbocycles. The highest BCUT2D eigenvalue weighted by Crippen LogP contribution is 2.68. The third-order valence-corrected chi connectivity index (χ3v) is 11.9. The number of ether oxygens (including phenoxy) is 1. The van der Waals surface area contributed by atoms with Crippen LogP contribution in [0.5, 0.6) is 0 Å². The molecule has 5 aliphatic carbocycles. The van der Waals surface area contributed by atoms with E-state index in [1.807, 2.05) is 0 Å². The Hall–Kier alpha value is -0.770. The number of aliphatic hydroxyl groups excluding tert-OH is 1. The lowest BCUT2D eigenvalue weighted by Gasteiger charge is -2.62. The van der Waals surface area contributed by atoms with Crippen molar-refractivity contribution in [3.63, 3.8) is 0 Å². The maximum atomic E-state index is 12.1. The van der Waals surface area contributed by atoms with Gasteiger partial charge in [0.2, 0.25) is 0 Å². The second-order valence-electron chi connectivity index (χ2n) is 13.3. The Kier molecular flexibility index (Phi) is 6.79. The zero-order valence-corrected chi connectivity index (χ0v) is 21.5. The van der Waals surface area contributed by atoms with Crippen LogP contribution in [0.15, 0.2) is 0 Å². The second kappa shape index (κ2) is 9.36. The Bertz CT molecular complexity index is 711. The van der Waals surface area contributed by atoms with Crippen molar-refractivity contribution in [2.75, 3.05) is 6.61 Å². The lowest BCUT2D eigenvalue weighted by molar-refractivity contribution is -0.132. The number of amides is 1. The molecular formula is C29H49NO3. The molecule has 4 heteroatoms. The molecule has 0 spiro atoms. The van der Waals surface area contributed by atoms with Crippen molar-refractivity contribution in [2.45, 2.75) is 123 Å². The number of fused-ring (bicyclic) bond motifs is 5. The normalized spacial score (nSPS) is 49.1. The van der Waals surface area contributed by atoms with Gasteiger partial charge in [-0.05, 0) is 123 Å². The molecular weight excluding hydrogens is 410 g/mol. The summed E-state index contributed by atoms with van der Waals surface area (Å²) >= 11 is 0. The van der Waals surface area contributed by atoms with E-state index in [4.69, 9.17) is 4.74 Å². The van der Waals surface area contributed by atoms with Crippen molar-refractivity contribution in [2.24, 2.45) is 46.3 Å². The fraction of sp³-hybridized carbons (Fsp3) is 0.966. The van der Waals surface area contributed by atoms with Gasteiger partial charge in [0.15, 0.2) is 0 Å². The Labute approximate surface area is 202 Å². The maximum absolute atomic E-state index is 12.1. The van der Waals surface area contributed by atoms with Crippen LogP contribution < -0.4 is 5.32 Å². The van der Waals surface area contributed by atoms with Crippen LogP contribution in [0.3, 0.4) is 0 Å². The smallest absolute Gasteiger partial charge is 0.407 e. The van der Waals surface area contributed by atoms with Crippen molar-refractivity contribution in [3.8, 4) is 0 Å². The fourth-order valence-electron chi connectivity index (χ4n) is 10.2. The molecule has 10 atom stereocenters. The summed E-state index contributed by atoms with van der Waals surface area (Å²) in [6.45, 7) is 8.40. The van der Waals surface area contributed by atoms with E-state index >= 15 is 0 Å². The monoisotopic (exact) mass is 459 g/mol. The highest BCUT2D eigenvalue weighted by atomic mass is 16.5. The summed E-state index contributed by atoms with van der Waals surface area (Å²) in [5.74, 6) is 5.50. The van der Waals surface area contributed by atoms with E-state index in [9.17, 15) is 9.90 Å². The first-order chi connectivity index (χ1) is 15.8. The zero-order valence-electron chi connectivity index (χ0n) is 21.5. The van der Waals surface area contributed by atoms with Crippen LogP contribution in [-0.2, 0) is 4.74 Å². The molecule has 33 heavy (non-hydrogen) atoms. The minimum Gasteiger partial charge on any atom is -0.450 e. The molecule has 0 heterocycles. The lowest BCUT2D eigenvalue weighted by atomic mass is 9.43. The van der Waals surface area contributed by atoms with Crippen molar-refractivity contribution in [3.05, 3.63) is 0 Å². The average molecular weight is 460 g/mol. The summed E-state index contributed by atoms with van der Waals surface area (Å²) < 4.78 is 5.49. The molecule has 1 amide bonds. The van der Waals surface area contributed by atoms with Crippen LogP contribution in [-0.4, -0.2) is 30.0 Å². The molecule has 5 saturated carbocycles.